The molecule has 2 heterocycles. The molecule has 106 valence electrons. The van der Waals surface area contributed by atoms with E-state index in [2.05, 4.69) is 9.97 Å². The van der Waals surface area contributed by atoms with Gasteiger partial charge < -0.3 is 9.72 Å². The fourth-order valence-electron chi connectivity index (χ4n) is 1.45. The molecule has 0 aliphatic carbocycles. The molecule has 0 saturated heterocycles. The summed E-state index contributed by atoms with van der Waals surface area (Å²) in [5.41, 5.74) is -1.01. The molecule has 2 aromatic rings. The molecule has 0 aromatic carbocycles. The molecular weight excluding hydrogens is 297 g/mol. The number of aromatic nitrogens is 2. The standard InChI is InChI=1S/C12H8ClF3N2O2/c1-6-10(9(19)2-3-17-6)20-11-8(13)4-7(5-18-11)12(14,15)16/h2-5H,1H3,(H,17,19). The minimum Gasteiger partial charge on any atom is -0.432 e. The molecule has 0 aliphatic rings. The van der Waals surface area contributed by atoms with E-state index >= 15 is 0 Å². The molecule has 8 heteroatoms. The van der Waals surface area contributed by atoms with Crippen molar-refractivity contribution in [2.24, 2.45) is 0 Å². The lowest BCUT2D eigenvalue weighted by Crippen LogP contribution is -2.09. The monoisotopic (exact) mass is 304 g/mol. The van der Waals surface area contributed by atoms with Crippen molar-refractivity contribution in [2.45, 2.75) is 13.1 Å². The highest BCUT2D eigenvalue weighted by Gasteiger charge is 2.31. The molecule has 0 amide bonds. The van der Waals surface area contributed by atoms with Gasteiger partial charge in [-0.1, -0.05) is 11.6 Å². The van der Waals surface area contributed by atoms with E-state index < -0.39 is 17.2 Å². The van der Waals surface area contributed by atoms with E-state index in [1.807, 2.05) is 0 Å². The van der Waals surface area contributed by atoms with Gasteiger partial charge in [-0.15, -0.1) is 0 Å². The van der Waals surface area contributed by atoms with E-state index in [1.165, 1.54) is 12.3 Å². The highest BCUT2D eigenvalue weighted by Crippen LogP contribution is 2.34. The van der Waals surface area contributed by atoms with Gasteiger partial charge in [-0.3, -0.25) is 4.79 Å². The van der Waals surface area contributed by atoms with Gasteiger partial charge in [0.15, 0.2) is 5.75 Å². The Labute approximate surface area is 116 Å². The number of pyridine rings is 2. The number of nitrogens with zero attached hydrogens (tertiary/aromatic N) is 1. The van der Waals surface area contributed by atoms with E-state index in [4.69, 9.17) is 16.3 Å². The van der Waals surface area contributed by atoms with Crippen LogP contribution in [0.5, 0.6) is 11.6 Å². The summed E-state index contributed by atoms with van der Waals surface area (Å²) in [7, 11) is 0. The first-order chi connectivity index (χ1) is 9.29. The number of halogens is 4. The number of hydrogen-bond donors (Lipinski definition) is 1. The van der Waals surface area contributed by atoms with E-state index in [-0.39, 0.29) is 16.7 Å². The van der Waals surface area contributed by atoms with Crippen molar-refractivity contribution in [1.29, 1.82) is 0 Å². The van der Waals surface area contributed by atoms with Crippen LogP contribution in [0.3, 0.4) is 0 Å². The van der Waals surface area contributed by atoms with Gasteiger partial charge in [-0.05, 0) is 13.0 Å². The second-order valence-corrected chi connectivity index (χ2v) is 4.31. The van der Waals surface area contributed by atoms with Gasteiger partial charge >= 0.3 is 6.18 Å². The Kier molecular flexibility index (Phi) is 3.71. The molecule has 0 bridgehead atoms. The van der Waals surface area contributed by atoms with E-state index in [9.17, 15) is 18.0 Å². The first kappa shape index (κ1) is 14.4. The minimum absolute atomic E-state index is 0.0679. The third-order valence-corrected chi connectivity index (χ3v) is 2.70. The van der Waals surface area contributed by atoms with Gasteiger partial charge in [-0.2, -0.15) is 13.2 Å². The Bertz CT molecular complexity index is 698. The van der Waals surface area contributed by atoms with Crippen LogP contribution in [0.1, 0.15) is 11.3 Å². The van der Waals surface area contributed by atoms with Gasteiger partial charge in [0, 0.05) is 18.5 Å². The first-order valence-electron chi connectivity index (χ1n) is 5.38. The summed E-state index contributed by atoms with van der Waals surface area (Å²) >= 11 is 5.69. The molecule has 4 nitrogen and oxygen atoms in total. The molecule has 0 unspecified atom stereocenters. The number of aryl methyl sites for hydroxylation is 1. The average molecular weight is 305 g/mol. The smallest absolute Gasteiger partial charge is 0.417 e. The van der Waals surface area contributed by atoms with Crippen LogP contribution in [0.4, 0.5) is 13.2 Å². The van der Waals surface area contributed by atoms with Crippen LogP contribution in [0, 0.1) is 6.92 Å². The molecule has 2 rings (SSSR count). The van der Waals surface area contributed by atoms with E-state index in [0.717, 1.165) is 0 Å². The first-order valence-corrected chi connectivity index (χ1v) is 5.75. The zero-order valence-electron chi connectivity index (χ0n) is 10.1. The van der Waals surface area contributed by atoms with Crippen molar-refractivity contribution in [1.82, 2.24) is 9.97 Å². The largest absolute Gasteiger partial charge is 0.432 e. The van der Waals surface area contributed by atoms with Crippen molar-refractivity contribution >= 4 is 11.6 Å². The minimum atomic E-state index is -4.55. The van der Waals surface area contributed by atoms with Crippen LogP contribution in [-0.4, -0.2) is 9.97 Å². The van der Waals surface area contributed by atoms with Gasteiger partial charge in [-0.25, -0.2) is 4.98 Å². The Morgan fingerprint density at radius 3 is 2.65 bits per heavy atom. The summed E-state index contributed by atoms with van der Waals surface area (Å²) in [4.78, 5) is 17.8. The summed E-state index contributed by atoms with van der Waals surface area (Å²) < 4.78 is 42.6. The van der Waals surface area contributed by atoms with Crippen LogP contribution in [0.2, 0.25) is 5.02 Å². The average Bonchev–Trinajstić information content (AvgIpc) is 2.34. The molecule has 0 fully saturated rings. The molecule has 0 aliphatic heterocycles. The number of rotatable bonds is 2. The predicted octanol–water partition coefficient (Wildman–Crippen LogP) is 3.54. The number of alkyl halides is 3. The number of hydrogen-bond acceptors (Lipinski definition) is 3. The van der Waals surface area contributed by atoms with Gasteiger partial charge in [0.05, 0.1) is 11.3 Å². The Morgan fingerprint density at radius 1 is 1.40 bits per heavy atom. The quantitative estimate of drug-likeness (QED) is 0.923. The van der Waals surface area contributed by atoms with Gasteiger partial charge in [0.25, 0.3) is 0 Å². The van der Waals surface area contributed by atoms with Gasteiger partial charge in [0.1, 0.15) is 5.02 Å². The second kappa shape index (κ2) is 5.16. The Morgan fingerprint density at radius 2 is 2.10 bits per heavy atom. The Balaban J connectivity index is 2.38. The number of H-pyrrole nitrogens is 1. The predicted molar refractivity (Wildman–Crippen MR) is 66.1 cm³/mol. The molecule has 0 spiro atoms. The van der Waals surface area contributed by atoms with E-state index in [1.54, 1.807) is 6.92 Å². The fraction of sp³-hybridized carbons (Fsp3) is 0.167. The highest BCUT2D eigenvalue weighted by atomic mass is 35.5. The lowest BCUT2D eigenvalue weighted by atomic mass is 10.3. The lowest BCUT2D eigenvalue weighted by Gasteiger charge is -2.10. The van der Waals surface area contributed by atoms with Crippen LogP contribution >= 0.6 is 11.6 Å². The Hall–Kier alpha value is -2.02. The topological polar surface area (TPSA) is 55.0 Å². The summed E-state index contributed by atoms with van der Waals surface area (Å²) in [6.45, 7) is 1.58. The number of nitrogens with one attached hydrogen (secondary N) is 1. The van der Waals surface area contributed by atoms with Crippen molar-refractivity contribution < 1.29 is 17.9 Å². The molecule has 0 radical (unpaired) electrons. The molecule has 2 aromatic heterocycles. The third-order valence-electron chi connectivity index (χ3n) is 2.43. The molecule has 20 heavy (non-hydrogen) atoms. The molecule has 1 N–H and O–H groups in total. The molecular formula is C12H8ClF3N2O2. The number of ether oxygens (including phenoxy) is 1. The van der Waals surface area contributed by atoms with Crippen LogP contribution in [-0.2, 0) is 6.18 Å². The van der Waals surface area contributed by atoms with E-state index in [0.29, 0.717) is 18.0 Å². The molecule has 0 saturated carbocycles. The van der Waals surface area contributed by atoms with Crippen molar-refractivity contribution in [3.05, 3.63) is 51.0 Å². The van der Waals surface area contributed by atoms with Crippen molar-refractivity contribution in [3.63, 3.8) is 0 Å². The number of aromatic amines is 1. The lowest BCUT2D eigenvalue weighted by molar-refractivity contribution is -0.137. The maximum Gasteiger partial charge on any atom is 0.417 e. The van der Waals surface area contributed by atoms with Gasteiger partial charge in [0.2, 0.25) is 11.3 Å². The second-order valence-electron chi connectivity index (χ2n) is 3.91. The zero-order chi connectivity index (χ0) is 14.9. The summed E-state index contributed by atoms with van der Waals surface area (Å²) in [5, 5.41) is -0.331. The maximum atomic E-state index is 12.5. The molecule has 0 atom stereocenters. The highest BCUT2D eigenvalue weighted by molar-refractivity contribution is 6.31. The van der Waals surface area contributed by atoms with Crippen molar-refractivity contribution in [2.75, 3.05) is 0 Å². The summed E-state index contributed by atoms with van der Waals surface area (Å²) in [5.74, 6) is -0.332. The summed E-state index contributed by atoms with van der Waals surface area (Å²) in [6.07, 6.45) is -2.53. The fourth-order valence-corrected chi connectivity index (χ4v) is 1.65. The van der Waals surface area contributed by atoms with Crippen LogP contribution < -0.4 is 10.2 Å². The zero-order valence-corrected chi connectivity index (χ0v) is 10.8. The summed E-state index contributed by atoms with van der Waals surface area (Å²) in [6, 6.07) is 1.91. The van der Waals surface area contributed by atoms with Crippen LogP contribution in [0.15, 0.2) is 29.3 Å². The van der Waals surface area contributed by atoms with Crippen LogP contribution in [0.25, 0.3) is 0 Å². The SMILES string of the molecule is Cc1[nH]ccc(=O)c1Oc1ncc(C(F)(F)F)cc1Cl. The van der Waals surface area contributed by atoms with Crippen molar-refractivity contribution in [3.8, 4) is 11.6 Å². The maximum absolute atomic E-state index is 12.5. The normalized spacial score (nSPS) is 11.4. The third kappa shape index (κ3) is 2.93.